The molecule has 1 saturated carbocycles. The minimum absolute atomic E-state index is 0.0710. The first-order valence-electron chi connectivity index (χ1n) is 14.5. The van der Waals surface area contributed by atoms with Gasteiger partial charge in [-0.25, -0.2) is 9.97 Å². The molecule has 2 aliphatic heterocycles. The van der Waals surface area contributed by atoms with Crippen molar-refractivity contribution in [1.82, 2.24) is 34.4 Å². The van der Waals surface area contributed by atoms with Gasteiger partial charge in [0, 0.05) is 19.0 Å². The fourth-order valence-corrected chi connectivity index (χ4v) is 6.68. The van der Waals surface area contributed by atoms with Crippen LogP contribution in [0.2, 0.25) is 0 Å². The third-order valence-corrected chi connectivity index (χ3v) is 9.10. The molecule has 5 heterocycles. The molecule has 0 radical (unpaired) electrons. The van der Waals surface area contributed by atoms with Crippen molar-refractivity contribution in [2.24, 2.45) is 5.92 Å². The molecule has 41 heavy (non-hydrogen) atoms. The largest absolute Gasteiger partial charge is 0.479 e. The third-order valence-electron chi connectivity index (χ3n) is 9.10. The SMILES string of the molecule is CC1O[C@H]2[C@@H](O)[C@H](n3cnc4c(N)nc(O)nc43)O[C@@H]2CN1[C@H]1C[C@H](CCc2nc3cc(C(C)(C)C)ccc3[nH]2)C1. The van der Waals surface area contributed by atoms with Crippen LogP contribution in [-0.2, 0) is 21.3 Å². The van der Waals surface area contributed by atoms with Crippen molar-refractivity contribution in [3.05, 3.63) is 35.9 Å². The number of imidazole rings is 2. The van der Waals surface area contributed by atoms with Crippen LogP contribution in [0.4, 0.5) is 5.82 Å². The summed E-state index contributed by atoms with van der Waals surface area (Å²) in [4.78, 5) is 22.8. The Morgan fingerprint density at radius 2 is 1.95 bits per heavy atom. The number of H-pyrrole nitrogens is 1. The normalized spacial score (nSPS) is 30.6. The molecule has 0 spiro atoms. The van der Waals surface area contributed by atoms with Gasteiger partial charge in [-0.1, -0.05) is 26.8 Å². The van der Waals surface area contributed by atoms with Crippen LogP contribution in [0.25, 0.3) is 22.2 Å². The van der Waals surface area contributed by atoms with E-state index in [2.05, 4.69) is 63.8 Å². The number of aromatic hydroxyl groups is 1. The zero-order valence-electron chi connectivity index (χ0n) is 23.9. The second-order valence-electron chi connectivity index (χ2n) is 12.9. The number of hydrogen-bond acceptors (Lipinski definition) is 10. The second kappa shape index (κ2) is 9.62. The van der Waals surface area contributed by atoms with E-state index in [0.717, 1.165) is 42.5 Å². The van der Waals surface area contributed by atoms with E-state index in [9.17, 15) is 10.2 Å². The molecule has 0 bridgehead atoms. The van der Waals surface area contributed by atoms with Gasteiger partial charge in [0.2, 0.25) is 0 Å². The summed E-state index contributed by atoms with van der Waals surface area (Å²) in [6, 6.07) is 6.50. The number of nitrogens with one attached hydrogen (secondary N) is 1. The molecule has 2 saturated heterocycles. The lowest BCUT2D eigenvalue weighted by atomic mass is 9.76. The first-order chi connectivity index (χ1) is 19.5. The van der Waals surface area contributed by atoms with E-state index in [1.54, 1.807) is 4.57 Å². The number of aryl methyl sites for hydroxylation is 1. The molecule has 12 heteroatoms. The fraction of sp³-hybridized carbons (Fsp3) is 0.586. The zero-order valence-corrected chi connectivity index (χ0v) is 23.9. The molecule has 4 aromatic rings. The van der Waals surface area contributed by atoms with E-state index in [0.29, 0.717) is 29.7 Å². The van der Waals surface area contributed by atoms with Gasteiger partial charge in [-0.2, -0.15) is 9.97 Å². The van der Waals surface area contributed by atoms with Crippen molar-refractivity contribution in [3.63, 3.8) is 0 Å². The average Bonchev–Trinajstić information content (AvgIpc) is 3.57. The molecule has 7 rings (SSSR count). The number of nitrogens with zero attached hydrogens (tertiary/aromatic N) is 6. The molecular weight excluding hydrogens is 524 g/mol. The summed E-state index contributed by atoms with van der Waals surface area (Å²) in [6.45, 7) is 9.39. The number of benzene rings is 1. The Morgan fingerprint density at radius 3 is 2.73 bits per heavy atom. The summed E-state index contributed by atoms with van der Waals surface area (Å²) in [5.41, 5.74) is 10.1. The Bertz CT molecular complexity index is 1590. The highest BCUT2D eigenvalue weighted by molar-refractivity contribution is 5.82. The third kappa shape index (κ3) is 4.62. The number of hydrogen-bond donors (Lipinski definition) is 4. The number of aliphatic hydroxyl groups is 1. The van der Waals surface area contributed by atoms with Gasteiger partial charge in [-0.05, 0) is 55.2 Å². The number of rotatable bonds is 5. The molecule has 12 nitrogen and oxygen atoms in total. The number of anilines is 1. The number of aromatic nitrogens is 6. The predicted molar refractivity (Wildman–Crippen MR) is 152 cm³/mol. The number of nitrogen functional groups attached to an aromatic ring is 1. The maximum Gasteiger partial charge on any atom is 0.317 e. The number of aromatic amines is 1. The number of nitrogens with two attached hydrogens (primary N) is 1. The van der Waals surface area contributed by atoms with Gasteiger partial charge >= 0.3 is 6.01 Å². The van der Waals surface area contributed by atoms with Crippen molar-refractivity contribution in [1.29, 1.82) is 0 Å². The minimum atomic E-state index is -0.919. The van der Waals surface area contributed by atoms with Crippen molar-refractivity contribution < 1.29 is 19.7 Å². The van der Waals surface area contributed by atoms with Crippen LogP contribution in [0.3, 0.4) is 0 Å². The Labute approximate surface area is 237 Å². The molecule has 1 unspecified atom stereocenters. The van der Waals surface area contributed by atoms with Crippen LogP contribution in [0.1, 0.15) is 64.6 Å². The Hall–Kier alpha value is -3.32. The van der Waals surface area contributed by atoms with E-state index in [4.69, 9.17) is 20.2 Å². The lowest BCUT2D eigenvalue weighted by molar-refractivity contribution is -0.199. The van der Waals surface area contributed by atoms with Gasteiger partial charge in [0.15, 0.2) is 23.2 Å². The minimum Gasteiger partial charge on any atom is -0.479 e. The van der Waals surface area contributed by atoms with Gasteiger partial charge in [-0.3, -0.25) is 9.47 Å². The highest BCUT2D eigenvalue weighted by Crippen LogP contribution is 2.42. The lowest BCUT2D eigenvalue weighted by Gasteiger charge is -2.49. The molecule has 5 atom stereocenters. The Kier molecular flexibility index (Phi) is 6.23. The van der Waals surface area contributed by atoms with Crippen molar-refractivity contribution >= 4 is 28.0 Å². The molecule has 1 aliphatic carbocycles. The average molecular weight is 563 g/mol. The summed E-state index contributed by atoms with van der Waals surface area (Å²) >= 11 is 0. The van der Waals surface area contributed by atoms with Gasteiger partial charge < -0.3 is 30.4 Å². The van der Waals surface area contributed by atoms with E-state index >= 15 is 0 Å². The molecular formula is C29H38N8O4. The molecule has 3 aliphatic rings. The Balaban J connectivity index is 0.966. The topological polar surface area (TPSA) is 160 Å². The quantitative estimate of drug-likeness (QED) is 0.285. The highest BCUT2D eigenvalue weighted by atomic mass is 16.6. The van der Waals surface area contributed by atoms with Crippen LogP contribution in [0.15, 0.2) is 24.5 Å². The van der Waals surface area contributed by atoms with E-state index in [-0.39, 0.29) is 23.6 Å². The lowest BCUT2D eigenvalue weighted by Crippen LogP contribution is -2.59. The number of aliphatic hydroxyl groups excluding tert-OH is 1. The van der Waals surface area contributed by atoms with Crippen molar-refractivity contribution in [2.75, 3.05) is 12.3 Å². The molecule has 5 N–H and O–H groups in total. The van der Waals surface area contributed by atoms with E-state index in [1.165, 1.54) is 11.9 Å². The van der Waals surface area contributed by atoms with Crippen LogP contribution >= 0.6 is 0 Å². The molecule has 0 amide bonds. The van der Waals surface area contributed by atoms with E-state index in [1.807, 2.05) is 6.92 Å². The highest BCUT2D eigenvalue weighted by Gasteiger charge is 2.52. The summed E-state index contributed by atoms with van der Waals surface area (Å²) < 4.78 is 14.2. The molecule has 1 aromatic carbocycles. The van der Waals surface area contributed by atoms with Gasteiger partial charge in [0.1, 0.15) is 30.4 Å². The second-order valence-corrected chi connectivity index (χ2v) is 12.9. The Morgan fingerprint density at radius 1 is 1.15 bits per heavy atom. The van der Waals surface area contributed by atoms with Crippen LogP contribution in [-0.4, -0.2) is 81.7 Å². The first kappa shape index (κ1) is 26.6. The van der Waals surface area contributed by atoms with Crippen LogP contribution in [0.5, 0.6) is 6.01 Å². The maximum atomic E-state index is 11.1. The smallest absolute Gasteiger partial charge is 0.317 e. The standard InChI is InChI=1S/C29H38N8O4/c1-14-36(17-9-15(10-17)5-8-21-32-18-7-6-16(29(2,3)4)11-19(18)33-21)12-20-24(40-14)23(38)27(41-20)37-13-31-22-25(30)34-28(39)35-26(22)37/h6-7,11,13-15,17,20,23-24,27,38H,5,8-10,12H2,1-4H3,(H,32,33)(H3,30,34,35,39)/t14?,15-,17-,20-,23-,24-,27-/m1/s1. The van der Waals surface area contributed by atoms with Gasteiger partial charge in [0.25, 0.3) is 0 Å². The van der Waals surface area contributed by atoms with Crippen LogP contribution < -0.4 is 5.73 Å². The summed E-state index contributed by atoms with van der Waals surface area (Å²) in [6.07, 6.45) is 3.17. The zero-order chi connectivity index (χ0) is 28.6. The monoisotopic (exact) mass is 562 g/mol. The summed E-state index contributed by atoms with van der Waals surface area (Å²) in [7, 11) is 0. The predicted octanol–water partition coefficient (Wildman–Crippen LogP) is 3.00. The molecule has 3 fully saturated rings. The van der Waals surface area contributed by atoms with Crippen molar-refractivity contribution in [3.8, 4) is 6.01 Å². The van der Waals surface area contributed by atoms with Gasteiger partial charge in [-0.15, -0.1) is 0 Å². The van der Waals surface area contributed by atoms with Gasteiger partial charge in [0.05, 0.1) is 17.4 Å². The summed E-state index contributed by atoms with van der Waals surface area (Å²) in [5, 5.41) is 21.0. The number of fused-ring (bicyclic) bond motifs is 3. The fourth-order valence-electron chi connectivity index (χ4n) is 6.68. The number of ether oxygens (including phenoxy) is 2. The summed E-state index contributed by atoms with van der Waals surface area (Å²) in [5.74, 6) is 1.77. The van der Waals surface area contributed by atoms with Crippen molar-refractivity contribution in [2.45, 2.75) is 95.6 Å². The molecule has 3 aromatic heterocycles. The van der Waals surface area contributed by atoms with Crippen LogP contribution in [0, 0.1) is 5.92 Å². The maximum absolute atomic E-state index is 11.1. The molecule has 218 valence electrons. The first-order valence-corrected chi connectivity index (χ1v) is 14.5. The van der Waals surface area contributed by atoms with E-state index < -0.39 is 24.4 Å².